The predicted octanol–water partition coefficient (Wildman–Crippen LogP) is 5.65. The van der Waals surface area contributed by atoms with Crippen molar-refractivity contribution in [2.24, 2.45) is 0 Å². The molecular formula is C26H31BrN4O2. The molecule has 0 fully saturated rings. The number of carbonyl (C=O) groups excluding carboxylic acids is 1. The number of hydrogen-bond donors (Lipinski definition) is 0. The van der Waals surface area contributed by atoms with Crippen molar-refractivity contribution in [1.82, 2.24) is 14.3 Å². The molecule has 3 rings (SSSR count). The van der Waals surface area contributed by atoms with Gasteiger partial charge in [0.05, 0.1) is 22.3 Å². The summed E-state index contributed by atoms with van der Waals surface area (Å²) in [6.07, 6.45) is 5.43. The summed E-state index contributed by atoms with van der Waals surface area (Å²) in [5.74, 6) is 0.336. The van der Waals surface area contributed by atoms with Crippen LogP contribution in [0, 0.1) is 11.3 Å². The van der Waals surface area contributed by atoms with Crippen molar-refractivity contribution < 1.29 is 9.53 Å². The number of ketones is 1. The van der Waals surface area contributed by atoms with Crippen molar-refractivity contribution in [3.05, 3.63) is 63.5 Å². The molecule has 0 aliphatic carbocycles. The highest BCUT2D eigenvalue weighted by atomic mass is 79.9. The van der Waals surface area contributed by atoms with Gasteiger partial charge in [-0.25, -0.2) is 4.98 Å². The summed E-state index contributed by atoms with van der Waals surface area (Å²) in [6.45, 7) is 9.86. The van der Waals surface area contributed by atoms with Gasteiger partial charge in [0.25, 0.3) is 0 Å². The zero-order chi connectivity index (χ0) is 23.8. The van der Waals surface area contributed by atoms with E-state index >= 15 is 0 Å². The normalized spacial score (nSPS) is 11.2. The summed E-state index contributed by atoms with van der Waals surface area (Å²) in [5.41, 5.74) is 2.89. The van der Waals surface area contributed by atoms with Gasteiger partial charge in [0.2, 0.25) is 5.78 Å². The van der Waals surface area contributed by atoms with Crippen LogP contribution in [0.25, 0.3) is 5.65 Å². The quantitative estimate of drug-likeness (QED) is 0.232. The van der Waals surface area contributed by atoms with Gasteiger partial charge in [0, 0.05) is 18.3 Å². The van der Waals surface area contributed by atoms with Crippen LogP contribution in [-0.4, -0.2) is 46.3 Å². The van der Waals surface area contributed by atoms with Crippen LogP contribution in [0.2, 0.25) is 0 Å². The maximum absolute atomic E-state index is 13.6. The lowest BCUT2D eigenvalue weighted by Crippen LogP contribution is -2.25. The van der Waals surface area contributed by atoms with Gasteiger partial charge in [0.15, 0.2) is 5.75 Å². The van der Waals surface area contributed by atoms with Crippen LogP contribution < -0.4 is 4.74 Å². The summed E-state index contributed by atoms with van der Waals surface area (Å²) < 4.78 is 8.39. The maximum atomic E-state index is 13.6. The highest BCUT2D eigenvalue weighted by Crippen LogP contribution is 2.32. The number of fused-ring (bicyclic) bond motifs is 1. The average Bonchev–Trinajstić information content (AvgIpc) is 3.21. The van der Waals surface area contributed by atoms with Crippen molar-refractivity contribution >= 4 is 27.4 Å². The zero-order valence-corrected chi connectivity index (χ0v) is 21.2. The Kier molecular flexibility index (Phi) is 9.04. The standard InChI is InChI=1S/C26H31BrN4O2/c1-4-7-11-22-24(31-14-9-8-12-23(31)29-22)25(32)19-16-20(18-28)26(21(27)17-19)33-15-10-13-30(5-2)6-3/h8-9,12,14,16-17H,4-7,10-11,13,15H2,1-3H3. The molecule has 33 heavy (non-hydrogen) atoms. The zero-order valence-electron chi connectivity index (χ0n) is 19.6. The van der Waals surface area contributed by atoms with E-state index in [9.17, 15) is 10.1 Å². The fourth-order valence-corrected chi connectivity index (χ4v) is 4.47. The van der Waals surface area contributed by atoms with Crippen LogP contribution in [0.1, 0.15) is 67.3 Å². The smallest absolute Gasteiger partial charge is 0.211 e. The molecule has 3 aromatic rings. The first-order chi connectivity index (χ1) is 16.0. The first-order valence-corrected chi connectivity index (χ1v) is 12.4. The van der Waals surface area contributed by atoms with Gasteiger partial charge in [-0.2, -0.15) is 5.26 Å². The Morgan fingerprint density at radius 1 is 1.21 bits per heavy atom. The predicted molar refractivity (Wildman–Crippen MR) is 134 cm³/mol. The van der Waals surface area contributed by atoms with E-state index in [1.54, 1.807) is 12.1 Å². The van der Waals surface area contributed by atoms with Crippen molar-refractivity contribution in [2.75, 3.05) is 26.2 Å². The molecule has 2 heterocycles. The van der Waals surface area contributed by atoms with Gasteiger partial charge in [-0.1, -0.05) is 33.3 Å². The third-order valence-electron chi connectivity index (χ3n) is 5.77. The summed E-state index contributed by atoms with van der Waals surface area (Å²) >= 11 is 3.53. The molecule has 0 aliphatic rings. The second-order valence-electron chi connectivity index (χ2n) is 7.94. The number of unbranched alkanes of at least 4 members (excludes halogenated alkanes) is 1. The Balaban J connectivity index is 1.88. The second-order valence-corrected chi connectivity index (χ2v) is 8.80. The Morgan fingerprint density at radius 2 is 2.00 bits per heavy atom. The summed E-state index contributed by atoms with van der Waals surface area (Å²) in [5, 5.41) is 9.76. The second kappa shape index (κ2) is 12.0. The Hall–Kier alpha value is -2.69. The van der Waals surface area contributed by atoms with Crippen LogP contribution in [0.15, 0.2) is 41.0 Å². The molecule has 0 bridgehead atoms. The summed E-state index contributed by atoms with van der Waals surface area (Å²) in [7, 11) is 0. The van der Waals surface area contributed by atoms with Gasteiger partial charge in [0.1, 0.15) is 17.4 Å². The topological polar surface area (TPSA) is 70.6 Å². The molecule has 0 spiro atoms. The molecule has 0 atom stereocenters. The van der Waals surface area contributed by atoms with E-state index < -0.39 is 0 Å². The van der Waals surface area contributed by atoms with Crippen molar-refractivity contribution in [2.45, 2.75) is 46.5 Å². The van der Waals surface area contributed by atoms with E-state index in [1.165, 1.54) is 0 Å². The molecule has 0 saturated heterocycles. The fourth-order valence-electron chi connectivity index (χ4n) is 3.90. The van der Waals surface area contributed by atoms with Crippen LogP contribution in [0.4, 0.5) is 0 Å². The molecular weight excluding hydrogens is 480 g/mol. The number of nitriles is 1. The minimum absolute atomic E-state index is 0.148. The van der Waals surface area contributed by atoms with E-state index in [2.05, 4.69) is 47.7 Å². The van der Waals surface area contributed by atoms with E-state index in [1.807, 2.05) is 28.8 Å². The van der Waals surface area contributed by atoms with Crippen LogP contribution in [0.5, 0.6) is 5.75 Å². The third kappa shape index (κ3) is 5.82. The van der Waals surface area contributed by atoms with Gasteiger partial charge in [-0.3, -0.25) is 9.20 Å². The number of imidazole rings is 1. The summed E-state index contributed by atoms with van der Waals surface area (Å²) in [4.78, 5) is 20.6. The van der Waals surface area contributed by atoms with E-state index in [0.717, 1.165) is 56.7 Å². The van der Waals surface area contributed by atoms with Gasteiger partial charge >= 0.3 is 0 Å². The molecule has 0 unspecified atom stereocenters. The number of pyridine rings is 1. The first-order valence-electron chi connectivity index (χ1n) is 11.6. The lowest BCUT2D eigenvalue weighted by Gasteiger charge is -2.18. The molecule has 6 nitrogen and oxygen atoms in total. The highest BCUT2D eigenvalue weighted by molar-refractivity contribution is 9.10. The minimum atomic E-state index is -0.148. The molecule has 1 aromatic carbocycles. The number of aryl methyl sites for hydroxylation is 1. The molecule has 2 aromatic heterocycles. The number of ether oxygens (including phenoxy) is 1. The van der Waals surface area contributed by atoms with E-state index in [4.69, 9.17) is 9.72 Å². The maximum Gasteiger partial charge on any atom is 0.211 e. The molecule has 174 valence electrons. The van der Waals surface area contributed by atoms with Crippen LogP contribution >= 0.6 is 15.9 Å². The lowest BCUT2D eigenvalue weighted by molar-refractivity contribution is 0.103. The number of hydrogen-bond acceptors (Lipinski definition) is 5. The molecule has 0 N–H and O–H groups in total. The number of rotatable bonds is 12. The van der Waals surface area contributed by atoms with Gasteiger partial charge < -0.3 is 9.64 Å². The number of nitrogens with zero attached hydrogens (tertiary/aromatic N) is 4. The minimum Gasteiger partial charge on any atom is -0.491 e. The van der Waals surface area contributed by atoms with Gasteiger partial charge in [-0.05, 0) is 72.5 Å². The molecule has 0 radical (unpaired) electrons. The molecule has 0 aliphatic heterocycles. The number of benzene rings is 1. The SMILES string of the molecule is CCCCc1nc2ccccn2c1C(=O)c1cc(Br)c(OCCCN(CC)CC)c(C#N)c1. The lowest BCUT2D eigenvalue weighted by atomic mass is 10.0. The highest BCUT2D eigenvalue weighted by Gasteiger charge is 2.23. The monoisotopic (exact) mass is 510 g/mol. The van der Waals surface area contributed by atoms with Gasteiger partial charge in [-0.15, -0.1) is 0 Å². The average molecular weight is 511 g/mol. The van der Waals surface area contributed by atoms with Crippen LogP contribution in [0.3, 0.4) is 0 Å². The number of halogens is 1. The Labute approximate surface area is 204 Å². The van der Waals surface area contributed by atoms with E-state index in [-0.39, 0.29) is 5.78 Å². The molecule has 7 heteroatoms. The largest absolute Gasteiger partial charge is 0.491 e. The van der Waals surface area contributed by atoms with Crippen molar-refractivity contribution in [3.63, 3.8) is 0 Å². The van der Waals surface area contributed by atoms with E-state index in [0.29, 0.717) is 33.6 Å². The first kappa shape index (κ1) is 24.9. The fraction of sp³-hybridized carbons (Fsp3) is 0.423. The Bertz CT molecular complexity index is 1150. The van der Waals surface area contributed by atoms with Crippen LogP contribution in [-0.2, 0) is 6.42 Å². The number of carbonyl (C=O) groups is 1. The third-order valence-corrected chi connectivity index (χ3v) is 6.36. The number of aromatic nitrogens is 2. The van der Waals surface area contributed by atoms with Crippen molar-refractivity contribution in [3.8, 4) is 11.8 Å². The molecule has 0 amide bonds. The Morgan fingerprint density at radius 3 is 2.70 bits per heavy atom. The molecule has 0 saturated carbocycles. The summed E-state index contributed by atoms with van der Waals surface area (Å²) in [6, 6.07) is 11.3. The van der Waals surface area contributed by atoms with Crippen molar-refractivity contribution in [1.29, 1.82) is 5.26 Å².